The Kier molecular flexibility index (Phi) is 5.64. The Labute approximate surface area is 126 Å². The third kappa shape index (κ3) is 4.84. The van der Waals surface area contributed by atoms with Crippen LogP contribution in [0.25, 0.3) is 0 Å². The minimum Gasteiger partial charge on any atom is -0.355 e. The molecule has 0 aromatic carbocycles. The van der Waals surface area contributed by atoms with Gasteiger partial charge in [-0.2, -0.15) is 0 Å². The molecule has 0 unspecified atom stereocenters. The summed E-state index contributed by atoms with van der Waals surface area (Å²) in [5, 5.41) is 0. The van der Waals surface area contributed by atoms with Gasteiger partial charge in [0.05, 0.1) is 6.67 Å². The SMILES string of the molecule is C=CC=CCN1C=CN(C[n+]2ccn(CC=CC=C)c2)C1. The van der Waals surface area contributed by atoms with E-state index in [9.17, 15) is 0 Å². The summed E-state index contributed by atoms with van der Waals surface area (Å²) >= 11 is 0. The molecular formula is C17H23N4+. The Morgan fingerprint density at radius 2 is 1.71 bits per heavy atom. The van der Waals surface area contributed by atoms with Gasteiger partial charge in [0, 0.05) is 18.9 Å². The van der Waals surface area contributed by atoms with Crippen molar-refractivity contribution < 1.29 is 4.57 Å². The minimum absolute atomic E-state index is 0.857. The number of rotatable bonds is 8. The number of hydrogen-bond donors (Lipinski definition) is 0. The van der Waals surface area contributed by atoms with E-state index < -0.39 is 0 Å². The Hall–Kier alpha value is -2.49. The van der Waals surface area contributed by atoms with Crippen LogP contribution in [0.3, 0.4) is 0 Å². The topological polar surface area (TPSA) is 15.3 Å². The van der Waals surface area contributed by atoms with Crippen molar-refractivity contribution in [3.05, 3.63) is 80.7 Å². The monoisotopic (exact) mass is 283 g/mol. The quantitative estimate of drug-likeness (QED) is 0.537. The van der Waals surface area contributed by atoms with Gasteiger partial charge in [0.2, 0.25) is 6.33 Å². The van der Waals surface area contributed by atoms with Gasteiger partial charge in [-0.3, -0.25) is 0 Å². The molecule has 0 saturated heterocycles. The van der Waals surface area contributed by atoms with Gasteiger partial charge in [0.1, 0.15) is 18.9 Å². The molecule has 0 fully saturated rings. The van der Waals surface area contributed by atoms with Crippen molar-refractivity contribution in [2.24, 2.45) is 0 Å². The highest BCUT2D eigenvalue weighted by atomic mass is 15.4. The van der Waals surface area contributed by atoms with Gasteiger partial charge in [-0.15, -0.1) is 0 Å². The van der Waals surface area contributed by atoms with E-state index in [2.05, 4.69) is 75.4 Å². The molecule has 0 spiro atoms. The second-order valence-electron chi connectivity index (χ2n) is 4.89. The van der Waals surface area contributed by atoms with E-state index in [1.54, 1.807) is 12.2 Å². The molecule has 2 rings (SSSR count). The summed E-state index contributed by atoms with van der Waals surface area (Å²) < 4.78 is 4.32. The lowest BCUT2D eigenvalue weighted by atomic mass is 10.4. The summed E-state index contributed by atoms with van der Waals surface area (Å²) in [7, 11) is 0. The Balaban J connectivity index is 1.79. The summed E-state index contributed by atoms with van der Waals surface area (Å²) in [6.45, 7) is 10.9. The third-order valence-electron chi connectivity index (χ3n) is 3.14. The van der Waals surface area contributed by atoms with Gasteiger partial charge in [-0.05, 0) is 6.08 Å². The second kappa shape index (κ2) is 7.94. The van der Waals surface area contributed by atoms with Gasteiger partial charge >= 0.3 is 0 Å². The highest BCUT2D eigenvalue weighted by Crippen LogP contribution is 2.05. The largest absolute Gasteiger partial charge is 0.355 e. The minimum atomic E-state index is 0.857. The van der Waals surface area contributed by atoms with E-state index in [0.717, 1.165) is 26.4 Å². The Morgan fingerprint density at radius 1 is 1.00 bits per heavy atom. The van der Waals surface area contributed by atoms with Crippen LogP contribution in [0, 0.1) is 0 Å². The smallest absolute Gasteiger partial charge is 0.245 e. The van der Waals surface area contributed by atoms with E-state index in [1.807, 2.05) is 12.2 Å². The lowest BCUT2D eigenvalue weighted by Crippen LogP contribution is -2.41. The maximum atomic E-state index is 3.67. The molecule has 1 aliphatic heterocycles. The second-order valence-corrected chi connectivity index (χ2v) is 4.89. The number of aromatic nitrogens is 2. The van der Waals surface area contributed by atoms with Crippen molar-refractivity contribution in [3.63, 3.8) is 0 Å². The van der Waals surface area contributed by atoms with Crippen LogP contribution in [0.4, 0.5) is 0 Å². The lowest BCUT2D eigenvalue weighted by Gasteiger charge is -2.18. The van der Waals surface area contributed by atoms with Gasteiger partial charge in [0.25, 0.3) is 0 Å². The van der Waals surface area contributed by atoms with Crippen molar-refractivity contribution in [1.82, 2.24) is 14.4 Å². The molecule has 1 aromatic rings. The highest BCUT2D eigenvalue weighted by Gasteiger charge is 2.13. The van der Waals surface area contributed by atoms with E-state index in [1.165, 1.54) is 0 Å². The fraction of sp³-hybridized carbons (Fsp3) is 0.235. The van der Waals surface area contributed by atoms with Crippen LogP contribution < -0.4 is 4.57 Å². The van der Waals surface area contributed by atoms with Gasteiger partial charge in [-0.1, -0.05) is 43.5 Å². The molecule has 0 atom stereocenters. The summed E-state index contributed by atoms with van der Waals surface area (Å²) in [4.78, 5) is 4.52. The highest BCUT2D eigenvalue weighted by molar-refractivity contribution is 5.01. The summed E-state index contributed by atoms with van der Waals surface area (Å²) in [6.07, 6.45) is 22.3. The molecule has 2 heterocycles. The molecule has 4 nitrogen and oxygen atoms in total. The first-order chi connectivity index (χ1) is 10.3. The molecule has 1 aliphatic rings. The van der Waals surface area contributed by atoms with E-state index in [-0.39, 0.29) is 0 Å². The normalized spacial score (nSPS) is 14.7. The average molecular weight is 283 g/mol. The fourth-order valence-electron chi connectivity index (χ4n) is 2.14. The van der Waals surface area contributed by atoms with Crippen LogP contribution in [-0.2, 0) is 13.2 Å². The molecule has 0 saturated carbocycles. The third-order valence-corrected chi connectivity index (χ3v) is 3.14. The van der Waals surface area contributed by atoms with Gasteiger partial charge in [-0.25, -0.2) is 9.13 Å². The zero-order chi connectivity index (χ0) is 14.9. The van der Waals surface area contributed by atoms with Crippen molar-refractivity contribution >= 4 is 0 Å². The predicted molar refractivity (Wildman–Crippen MR) is 85.9 cm³/mol. The summed E-state index contributed by atoms with van der Waals surface area (Å²) in [5.41, 5.74) is 0. The van der Waals surface area contributed by atoms with Crippen molar-refractivity contribution in [2.75, 3.05) is 13.2 Å². The van der Waals surface area contributed by atoms with E-state index in [4.69, 9.17) is 0 Å². The summed E-state index contributed by atoms with van der Waals surface area (Å²) in [5.74, 6) is 0. The molecule has 1 aromatic heterocycles. The zero-order valence-corrected chi connectivity index (χ0v) is 12.4. The van der Waals surface area contributed by atoms with E-state index in [0.29, 0.717) is 0 Å². The number of allylic oxidation sites excluding steroid dienone is 5. The zero-order valence-electron chi connectivity index (χ0n) is 12.4. The molecule has 110 valence electrons. The first-order valence-corrected chi connectivity index (χ1v) is 7.08. The fourth-order valence-corrected chi connectivity index (χ4v) is 2.14. The number of hydrogen-bond acceptors (Lipinski definition) is 2. The number of imidazole rings is 1. The van der Waals surface area contributed by atoms with Gasteiger partial charge in [0.15, 0.2) is 6.67 Å². The van der Waals surface area contributed by atoms with Crippen LogP contribution in [-0.4, -0.2) is 27.6 Å². The van der Waals surface area contributed by atoms with E-state index >= 15 is 0 Å². The van der Waals surface area contributed by atoms with Crippen molar-refractivity contribution in [1.29, 1.82) is 0 Å². The molecule has 4 heteroatoms. The van der Waals surface area contributed by atoms with Crippen LogP contribution in [0.1, 0.15) is 0 Å². The van der Waals surface area contributed by atoms with Crippen LogP contribution in [0.15, 0.2) is 80.7 Å². The van der Waals surface area contributed by atoms with Gasteiger partial charge < -0.3 is 9.80 Å². The molecule has 0 N–H and O–H groups in total. The van der Waals surface area contributed by atoms with Crippen LogP contribution in [0.2, 0.25) is 0 Å². The molecule has 0 bridgehead atoms. The molecule has 0 radical (unpaired) electrons. The average Bonchev–Trinajstić information content (AvgIpc) is 3.10. The molecule has 0 aliphatic carbocycles. The Morgan fingerprint density at radius 3 is 2.48 bits per heavy atom. The summed E-state index contributed by atoms with van der Waals surface area (Å²) in [6, 6.07) is 0. The number of nitrogens with zero attached hydrogens (tertiary/aromatic N) is 4. The maximum absolute atomic E-state index is 3.67. The predicted octanol–water partition coefficient (Wildman–Crippen LogP) is 2.26. The standard InChI is InChI=1S/C17H23N4/c1-3-5-7-9-18-11-13-20(15-18)17-21-14-12-19(16-21)10-8-6-4-2/h3-8,11-15H,1-2,9-10,16-17H2/q+1. The maximum Gasteiger partial charge on any atom is 0.245 e. The first kappa shape index (κ1) is 14.9. The molecule has 21 heavy (non-hydrogen) atoms. The lowest BCUT2D eigenvalue weighted by molar-refractivity contribution is -0.713. The molecular weight excluding hydrogens is 260 g/mol. The van der Waals surface area contributed by atoms with Crippen LogP contribution in [0.5, 0.6) is 0 Å². The van der Waals surface area contributed by atoms with Crippen LogP contribution >= 0.6 is 0 Å². The Bertz CT molecular complexity index is 551. The van der Waals surface area contributed by atoms with Crippen molar-refractivity contribution in [3.8, 4) is 0 Å². The molecule has 0 amide bonds. The first-order valence-electron chi connectivity index (χ1n) is 7.08. The van der Waals surface area contributed by atoms with Crippen molar-refractivity contribution in [2.45, 2.75) is 13.2 Å².